The molecule has 0 radical (unpaired) electrons. The van der Waals surface area contributed by atoms with E-state index >= 15 is 0 Å². The molecule has 6 nitrogen and oxygen atoms in total. The fourth-order valence-corrected chi connectivity index (χ4v) is 3.75. The number of aryl methyl sites for hydroxylation is 1. The van der Waals surface area contributed by atoms with Crippen LogP contribution in [0.25, 0.3) is 0 Å². The van der Waals surface area contributed by atoms with Crippen molar-refractivity contribution in [1.82, 2.24) is 15.5 Å². The highest BCUT2D eigenvalue weighted by Crippen LogP contribution is 2.29. The van der Waals surface area contributed by atoms with Crippen molar-refractivity contribution >= 4 is 29.5 Å². The van der Waals surface area contributed by atoms with Crippen molar-refractivity contribution < 1.29 is 4.79 Å². The highest BCUT2D eigenvalue weighted by atomic mass is 35.5. The first-order chi connectivity index (χ1) is 11.5. The molecule has 24 heavy (non-hydrogen) atoms. The van der Waals surface area contributed by atoms with Gasteiger partial charge >= 0.3 is 0 Å². The molecule has 1 fully saturated rings. The zero-order valence-electron chi connectivity index (χ0n) is 13.6. The van der Waals surface area contributed by atoms with Gasteiger partial charge in [0, 0.05) is 28.7 Å². The fourth-order valence-electron chi connectivity index (χ4n) is 2.68. The Kier molecular flexibility index (Phi) is 7.23. The van der Waals surface area contributed by atoms with Crippen LogP contribution in [0.4, 0.5) is 0 Å². The van der Waals surface area contributed by atoms with Gasteiger partial charge in [-0.15, -0.1) is 0 Å². The van der Waals surface area contributed by atoms with Gasteiger partial charge in [-0.1, -0.05) is 17.7 Å². The Morgan fingerprint density at radius 2 is 2.25 bits per heavy atom. The van der Waals surface area contributed by atoms with Crippen molar-refractivity contribution in [2.24, 2.45) is 17.5 Å². The second kappa shape index (κ2) is 9.17. The van der Waals surface area contributed by atoms with E-state index in [1.165, 1.54) is 0 Å². The number of hydrazine groups is 1. The summed E-state index contributed by atoms with van der Waals surface area (Å²) in [4.78, 5) is 12.9. The molecule has 1 amide bonds. The molecule has 1 aromatic carbocycles. The maximum atomic E-state index is 11.8. The second-order valence-electron chi connectivity index (χ2n) is 5.94. The second-order valence-corrected chi connectivity index (χ2v) is 7.26. The van der Waals surface area contributed by atoms with Crippen LogP contribution in [0.2, 0.25) is 5.02 Å². The predicted molar refractivity (Wildman–Crippen MR) is 98.9 cm³/mol. The summed E-state index contributed by atoms with van der Waals surface area (Å²) in [5.41, 5.74) is 8.85. The standard InChI is InChI=1S/C16H24ClN5OS/c1-10-2-5-13(7-14(10)17)24-22-12-4-3-11(6-12)9-20-16(23)15(8-18)21-19/h2,5,7-8,11-12,21-22H,3-4,6,9,18-19H2,1H3,(H,20,23)/b15-8-. The molecule has 1 aliphatic rings. The van der Waals surface area contributed by atoms with Gasteiger partial charge < -0.3 is 16.5 Å². The van der Waals surface area contributed by atoms with E-state index in [0.717, 1.165) is 40.9 Å². The molecule has 1 aliphatic carbocycles. The van der Waals surface area contributed by atoms with Crippen molar-refractivity contribution in [1.29, 1.82) is 0 Å². The van der Waals surface area contributed by atoms with Crippen molar-refractivity contribution in [3.05, 3.63) is 40.7 Å². The lowest BCUT2D eigenvalue weighted by molar-refractivity contribution is -0.118. The summed E-state index contributed by atoms with van der Waals surface area (Å²) in [5, 5.41) is 3.64. The Bertz CT molecular complexity index is 610. The molecule has 1 saturated carbocycles. The molecule has 1 aromatic rings. The van der Waals surface area contributed by atoms with Gasteiger partial charge in [0.05, 0.1) is 0 Å². The largest absolute Gasteiger partial charge is 0.403 e. The molecule has 7 N–H and O–H groups in total. The summed E-state index contributed by atoms with van der Waals surface area (Å²) in [7, 11) is 0. The quantitative estimate of drug-likeness (QED) is 0.217. The van der Waals surface area contributed by atoms with Crippen molar-refractivity contribution in [3.63, 3.8) is 0 Å². The van der Waals surface area contributed by atoms with Crippen molar-refractivity contribution in [2.75, 3.05) is 6.54 Å². The van der Waals surface area contributed by atoms with Gasteiger partial charge in [-0.25, -0.2) is 0 Å². The lowest BCUT2D eigenvalue weighted by atomic mass is 10.1. The van der Waals surface area contributed by atoms with E-state index in [-0.39, 0.29) is 11.6 Å². The van der Waals surface area contributed by atoms with Crippen LogP contribution in [-0.4, -0.2) is 18.5 Å². The molecule has 8 heteroatoms. The molecule has 0 saturated heterocycles. The van der Waals surface area contributed by atoms with Gasteiger partial charge in [-0.05, 0) is 61.7 Å². The van der Waals surface area contributed by atoms with Crippen molar-refractivity contribution in [3.8, 4) is 0 Å². The van der Waals surface area contributed by atoms with E-state index in [9.17, 15) is 4.79 Å². The number of carbonyl (C=O) groups excluding carboxylic acids is 1. The number of hydrogen-bond acceptors (Lipinski definition) is 6. The van der Waals surface area contributed by atoms with Crippen LogP contribution in [0.1, 0.15) is 24.8 Å². The molecule has 0 aromatic heterocycles. The van der Waals surface area contributed by atoms with E-state index in [4.69, 9.17) is 23.2 Å². The molecule has 132 valence electrons. The van der Waals surface area contributed by atoms with Gasteiger partial charge in [-0.3, -0.25) is 15.4 Å². The van der Waals surface area contributed by atoms with E-state index < -0.39 is 0 Å². The Hall–Kier alpha value is -1.41. The number of nitrogens with two attached hydrogens (primary N) is 2. The summed E-state index contributed by atoms with van der Waals surface area (Å²) >= 11 is 7.75. The Morgan fingerprint density at radius 3 is 2.92 bits per heavy atom. The Balaban J connectivity index is 1.73. The number of benzene rings is 1. The Labute approximate surface area is 151 Å². The molecule has 0 aliphatic heterocycles. The lowest BCUT2D eigenvalue weighted by Crippen LogP contribution is -2.37. The summed E-state index contributed by atoms with van der Waals surface area (Å²) in [6.07, 6.45) is 4.34. The smallest absolute Gasteiger partial charge is 0.270 e. The van der Waals surface area contributed by atoms with Crippen LogP contribution >= 0.6 is 23.5 Å². The molecule has 0 heterocycles. The molecular weight excluding hydrogens is 346 g/mol. The third kappa shape index (κ3) is 5.31. The first-order valence-corrected chi connectivity index (χ1v) is 9.08. The Morgan fingerprint density at radius 1 is 1.46 bits per heavy atom. The van der Waals surface area contributed by atoms with Crippen LogP contribution in [-0.2, 0) is 4.79 Å². The molecular formula is C16H24ClN5OS. The third-order valence-electron chi connectivity index (χ3n) is 4.15. The normalized spacial score (nSPS) is 20.9. The maximum Gasteiger partial charge on any atom is 0.270 e. The number of rotatable bonds is 7. The number of amides is 1. The molecule has 0 bridgehead atoms. The van der Waals surface area contributed by atoms with Crippen LogP contribution < -0.4 is 27.0 Å². The number of halogens is 1. The van der Waals surface area contributed by atoms with Crippen LogP contribution in [0.15, 0.2) is 35.0 Å². The van der Waals surface area contributed by atoms with Crippen molar-refractivity contribution in [2.45, 2.75) is 37.1 Å². The maximum absolute atomic E-state index is 11.8. The molecule has 2 rings (SSSR count). The van der Waals surface area contributed by atoms with Gasteiger partial charge in [0.25, 0.3) is 5.91 Å². The molecule has 0 spiro atoms. The predicted octanol–water partition coefficient (Wildman–Crippen LogP) is 1.79. The number of nitrogens with one attached hydrogen (secondary N) is 3. The van der Waals surface area contributed by atoms with Gasteiger partial charge in [0.15, 0.2) is 0 Å². The lowest BCUT2D eigenvalue weighted by Gasteiger charge is -2.14. The zero-order chi connectivity index (χ0) is 17.5. The number of hydrogen-bond donors (Lipinski definition) is 5. The SMILES string of the molecule is Cc1ccc(SNC2CCC(CNC(=O)/C(=C/N)NN)C2)cc1Cl. The highest BCUT2D eigenvalue weighted by Gasteiger charge is 2.25. The highest BCUT2D eigenvalue weighted by molar-refractivity contribution is 7.97. The van der Waals surface area contributed by atoms with E-state index in [1.54, 1.807) is 11.9 Å². The summed E-state index contributed by atoms with van der Waals surface area (Å²) < 4.78 is 3.49. The van der Waals surface area contributed by atoms with Crippen LogP contribution in [0.5, 0.6) is 0 Å². The van der Waals surface area contributed by atoms with Gasteiger partial charge in [-0.2, -0.15) is 0 Å². The molecule has 2 atom stereocenters. The molecule has 2 unspecified atom stereocenters. The van der Waals surface area contributed by atoms with Crippen LogP contribution in [0.3, 0.4) is 0 Å². The summed E-state index contributed by atoms with van der Waals surface area (Å²) in [6.45, 7) is 2.61. The van der Waals surface area contributed by atoms with E-state index in [0.29, 0.717) is 18.5 Å². The van der Waals surface area contributed by atoms with Gasteiger partial charge in [0.2, 0.25) is 0 Å². The summed E-state index contributed by atoms with van der Waals surface area (Å²) in [5.74, 6) is 5.40. The van der Waals surface area contributed by atoms with Gasteiger partial charge in [0.1, 0.15) is 5.70 Å². The first-order valence-electron chi connectivity index (χ1n) is 7.88. The fraction of sp³-hybridized carbons (Fsp3) is 0.438. The van der Waals surface area contributed by atoms with Crippen LogP contribution in [0, 0.1) is 12.8 Å². The summed E-state index contributed by atoms with van der Waals surface area (Å²) in [6, 6.07) is 6.48. The van der Waals surface area contributed by atoms with E-state index in [2.05, 4.69) is 21.5 Å². The third-order valence-corrected chi connectivity index (χ3v) is 5.49. The average Bonchev–Trinajstić information content (AvgIpc) is 3.03. The minimum Gasteiger partial charge on any atom is -0.403 e. The van der Waals surface area contributed by atoms with E-state index in [1.807, 2.05) is 19.1 Å². The zero-order valence-corrected chi connectivity index (χ0v) is 15.2. The average molecular weight is 370 g/mol. The number of carbonyl (C=O) groups is 1. The first kappa shape index (κ1) is 18.9. The topological polar surface area (TPSA) is 105 Å². The minimum atomic E-state index is -0.278. The monoisotopic (exact) mass is 369 g/mol. The minimum absolute atomic E-state index is 0.175.